The summed E-state index contributed by atoms with van der Waals surface area (Å²) in [7, 11) is 0. The molecule has 2 rings (SSSR count). The van der Waals surface area contributed by atoms with Crippen molar-refractivity contribution in [2.24, 2.45) is 11.3 Å². The summed E-state index contributed by atoms with van der Waals surface area (Å²) in [5, 5.41) is 0. The summed E-state index contributed by atoms with van der Waals surface area (Å²) in [5.41, 5.74) is -1.84. The normalized spacial score (nSPS) is 23.3. The molecule has 1 fully saturated rings. The number of ketones is 1. The molecule has 1 saturated carbocycles. The van der Waals surface area contributed by atoms with Gasteiger partial charge in [0.25, 0.3) is 0 Å². The van der Waals surface area contributed by atoms with Gasteiger partial charge in [0.05, 0.1) is 0 Å². The molecule has 0 heterocycles. The highest BCUT2D eigenvalue weighted by atomic mass is 16.6. The van der Waals surface area contributed by atoms with Gasteiger partial charge in [-0.2, -0.15) is 0 Å². The highest BCUT2D eigenvalue weighted by Crippen LogP contribution is 2.51. The van der Waals surface area contributed by atoms with Gasteiger partial charge in [0.1, 0.15) is 11.2 Å². The second-order valence-corrected chi connectivity index (χ2v) is 8.55. The zero-order valence-electron chi connectivity index (χ0n) is 14.8. The number of fused-ring (bicyclic) bond motifs is 1. The Bertz CT molecular complexity index is 543. The molecule has 2 aliphatic carbocycles. The second kappa shape index (κ2) is 5.46. The van der Waals surface area contributed by atoms with Crippen molar-refractivity contribution < 1.29 is 23.9 Å². The predicted octanol–water partition coefficient (Wildman–Crippen LogP) is 2.97. The average molecular weight is 322 g/mol. The molecule has 0 bridgehead atoms. The summed E-state index contributed by atoms with van der Waals surface area (Å²) >= 11 is 0. The third kappa shape index (κ3) is 3.82. The topological polar surface area (TPSA) is 69.7 Å². The maximum atomic E-state index is 12.8. The first-order valence-corrected chi connectivity index (χ1v) is 8.03. The zero-order chi connectivity index (χ0) is 17.6. The molecule has 5 heteroatoms. The number of ether oxygens (including phenoxy) is 2. The van der Waals surface area contributed by atoms with Crippen molar-refractivity contribution in [3.63, 3.8) is 0 Å². The number of carbonyl (C=O) groups is 3. The van der Waals surface area contributed by atoms with E-state index < -0.39 is 28.6 Å². The minimum Gasteiger partial charge on any atom is -0.459 e. The average Bonchev–Trinajstić information content (AvgIpc) is 2.78. The van der Waals surface area contributed by atoms with Crippen LogP contribution in [0, 0.1) is 11.3 Å². The van der Waals surface area contributed by atoms with Crippen LogP contribution in [0.2, 0.25) is 0 Å². The van der Waals surface area contributed by atoms with E-state index in [-0.39, 0.29) is 24.5 Å². The molecule has 0 N–H and O–H groups in total. The molecule has 0 saturated heterocycles. The molecule has 0 aromatic carbocycles. The molecule has 0 aromatic heterocycles. The van der Waals surface area contributed by atoms with Gasteiger partial charge >= 0.3 is 11.9 Å². The van der Waals surface area contributed by atoms with Crippen molar-refractivity contribution in [2.45, 2.75) is 72.0 Å². The van der Waals surface area contributed by atoms with E-state index in [1.54, 1.807) is 47.6 Å². The van der Waals surface area contributed by atoms with Crippen LogP contribution in [0.3, 0.4) is 0 Å². The van der Waals surface area contributed by atoms with Crippen LogP contribution < -0.4 is 0 Å². The number of hydrogen-bond acceptors (Lipinski definition) is 5. The summed E-state index contributed by atoms with van der Waals surface area (Å²) in [6, 6.07) is 0. The highest BCUT2D eigenvalue weighted by Gasteiger charge is 2.58. The molecule has 2 aliphatic rings. The van der Waals surface area contributed by atoms with E-state index in [1.807, 2.05) is 0 Å². The largest absolute Gasteiger partial charge is 0.459 e. The molecule has 0 aromatic rings. The van der Waals surface area contributed by atoms with Crippen molar-refractivity contribution >= 4 is 17.7 Å². The molecule has 128 valence electrons. The SMILES string of the molecule is CC(C)(C)OC(=O)C1(C(=O)OC(C)(C)C)CC2=CC(=O)CC2C1. The van der Waals surface area contributed by atoms with E-state index in [0.717, 1.165) is 5.57 Å². The quantitative estimate of drug-likeness (QED) is 0.577. The Morgan fingerprint density at radius 3 is 1.91 bits per heavy atom. The van der Waals surface area contributed by atoms with Crippen molar-refractivity contribution in [2.75, 3.05) is 0 Å². The molecule has 0 radical (unpaired) electrons. The summed E-state index contributed by atoms with van der Waals surface area (Å²) < 4.78 is 11.0. The van der Waals surface area contributed by atoms with Crippen molar-refractivity contribution in [1.29, 1.82) is 0 Å². The van der Waals surface area contributed by atoms with Gasteiger partial charge in [0.2, 0.25) is 0 Å². The molecule has 0 spiro atoms. The van der Waals surface area contributed by atoms with Gasteiger partial charge in [-0.05, 0) is 66.4 Å². The fraction of sp³-hybridized carbons (Fsp3) is 0.722. The van der Waals surface area contributed by atoms with Crippen LogP contribution >= 0.6 is 0 Å². The first-order valence-electron chi connectivity index (χ1n) is 8.03. The smallest absolute Gasteiger partial charge is 0.324 e. The Morgan fingerprint density at radius 1 is 1.04 bits per heavy atom. The molecular formula is C18H26O5. The number of allylic oxidation sites excluding steroid dienone is 2. The van der Waals surface area contributed by atoms with Crippen molar-refractivity contribution in [1.82, 2.24) is 0 Å². The van der Waals surface area contributed by atoms with Gasteiger partial charge in [-0.25, -0.2) is 0 Å². The van der Waals surface area contributed by atoms with Crippen molar-refractivity contribution in [3.05, 3.63) is 11.6 Å². The van der Waals surface area contributed by atoms with Gasteiger partial charge < -0.3 is 9.47 Å². The fourth-order valence-electron chi connectivity index (χ4n) is 3.14. The van der Waals surface area contributed by atoms with Gasteiger partial charge in [-0.3, -0.25) is 14.4 Å². The molecule has 1 unspecified atom stereocenters. The summed E-state index contributed by atoms with van der Waals surface area (Å²) in [5.74, 6) is -1.10. The second-order valence-electron chi connectivity index (χ2n) is 8.55. The Labute approximate surface area is 137 Å². The molecule has 0 amide bonds. The number of esters is 2. The summed E-state index contributed by atoms with van der Waals surface area (Å²) in [4.78, 5) is 37.1. The van der Waals surface area contributed by atoms with Gasteiger partial charge in [-0.1, -0.05) is 5.57 Å². The Kier molecular flexibility index (Phi) is 4.20. The van der Waals surface area contributed by atoms with E-state index in [9.17, 15) is 14.4 Å². The molecule has 23 heavy (non-hydrogen) atoms. The summed E-state index contributed by atoms with van der Waals surface area (Å²) in [6.45, 7) is 10.6. The van der Waals surface area contributed by atoms with Gasteiger partial charge in [0.15, 0.2) is 11.2 Å². The van der Waals surface area contributed by atoms with Crippen LogP contribution in [0.1, 0.15) is 60.8 Å². The van der Waals surface area contributed by atoms with E-state index in [4.69, 9.17) is 9.47 Å². The van der Waals surface area contributed by atoms with E-state index in [2.05, 4.69) is 0 Å². The highest BCUT2D eigenvalue weighted by molar-refractivity contribution is 6.03. The minimum absolute atomic E-state index is 0.0532. The molecule has 1 atom stereocenters. The lowest BCUT2D eigenvalue weighted by Crippen LogP contribution is -2.45. The van der Waals surface area contributed by atoms with Gasteiger partial charge in [-0.15, -0.1) is 0 Å². The van der Waals surface area contributed by atoms with Crippen LogP contribution in [0.15, 0.2) is 11.6 Å². The first kappa shape index (κ1) is 17.7. The predicted molar refractivity (Wildman–Crippen MR) is 84.6 cm³/mol. The van der Waals surface area contributed by atoms with Gasteiger partial charge in [0, 0.05) is 6.42 Å². The van der Waals surface area contributed by atoms with Crippen LogP contribution in [0.4, 0.5) is 0 Å². The maximum absolute atomic E-state index is 12.8. The molecule has 0 aliphatic heterocycles. The fourth-order valence-corrected chi connectivity index (χ4v) is 3.14. The Hall–Kier alpha value is -1.65. The lowest BCUT2D eigenvalue weighted by Gasteiger charge is -2.32. The standard InChI is InChI=1S/C18H26O5/c1-16(2,3)22-14(20)18(15(21)23-17(4,5)6)9-11-7-13(19)8-12(11)10-18/h7,12H,8-10H2,1-6H3. The third-order valence-electron chi connectivity index (χ3n) is 4.00. The molecule has 5 nitrogen and oxygen atoms in total. The lowest BCUT2D eigenvalue weighted by molar-refractivity contribution is -0.185. The van der Waals surface area contributed by atoms with E-state index in [0.29, 0.717) is 6.42 Å². The Balaban J connectivity index is 2.33. The maximum Gasteiger partial charge on any atom is 0.324 e. The van der Waals surface area contributed by atoms with E-state index in [1.165, 1.54) is 0 Å². The third-order valence-corrected chi connectivity index (χ3v) is 4.00. The number of rotatable bonds is 2. The van der Waals surface area contributed by atoms with Crippen molar-refractivity contribution in [3.8, 4) is 0 Å². The van der Waals surface area contributed by atoms with Crippen LogP contribution in [0.25, 0.3) is 0 Å². The lowest BCUT2D eigenvalue weighted by atomic mass is 9.83. The van der Waals surface area contributed by atoms with E-state index >= 15 is 0 Å². The first-order chi connectivity index (χ1) is 10.3. The monoisotopic (exact) mass is 322 g/mol. The van der Waals surface area contributed by atoms with Crippen LogP contribution in [-0.4, -0.2) is 28.9 Å². The van der Waals surface area contributed by atoms with Crippen LogP contribution in [-0.2, 0) is 23.9 Å². The molecular weight excluding hydrogens is 296 g/mol. The minimum atomic E-state index is -1.34. The number of hydrogen-bond donors (Lipinski definition) is 0. The Morgan fingerprint density at radius 2 is 1.52 bits per heavy atom. The van der Waals surface area contributed by atoms with Crippen LogP contribution in [0.5, 0.6) is 0 Å². The zero-order valence-corrected chi connectivity index (χ0v) is 14.8. The number of carbonyl (C=O) groups excluding carboxylic acids is 3. The summed E-state index contributed by atoms with van der Waals surface area (Å²) in [6.07, 6.45) is 2.44.